The molecule has 0 bridgehead atoms. The van der Waals surface area contributed by atoms with E-state index in [0.29, 0.717) is 12.6 Å². The summed E-state index contributed by atoms with van der Waals surface area (Å²) in [6.45, 7) is 6.44. The predicted octanol–water partition coefficient (Wildman–Crippen LogP) is 1.21. The number of hydrogen-bond acceptors (Lipinski definition) is 4. The lowest BCUT2D eigenvalue weighted by atomic mass is 10.1. The third-order valence-electron chi connectivity index (χ3n) is 4.28. The van der Waals surface area contributed by atoms with Crippen LogP contribution in [0.2, 0.25) is 0 Å². The molecule has 0 saturated carbocycles. The third kappa shape index (κ3) is 2.10. The van der Waals surface area contributed by atoms with Gasteiger partial charge >= 0.3 is 0 Å². The van der Waals surface area contributed by atoms with Gasteiger partial charge in [-0.05, 0) is 37.9 Å². The number of nitrogens with two attached hydrogens (primary N) is 1. The van der Waals surface area contributed by atoms with Crippen LogP contribution in [-0.4, -0.2) is 41.6 Å². The van der Waals surface area contributed by atoms with Gasteiger partial charge in [0.25, 0.3) is 0 Å². The van der Waals surface area contributed by atoms with Gasteiger partial charge in [-0.2, -0.15) is 0 Å². The highest BCUT2D eigenvalue weighted by atomic mass is 15.3. The SMILES string of the molecule is CC1CN2CCCC2CN1c1ccc(CN)cn1. The van der Waals surface area contributed by atoms with Crippen molar-refractivity contribution >= 4 is 5.82 Å². The van der Waals surface area contributed by atoms with Crippen LogP contribution < -0.4 is 10.6 Å². The van der Waals surface area contributed by atoms with Gasteiger partial charge < -0.3 is 10.6 Å². The van der Waals surface area contributed by atoms with Crippen LogP contribution in [0.4, 0.5) is 5.82 Å². The minimum atomic E-state index is 0.551. The van der Waals surface area contributed by atoms with Gasteiger partial charge in [0.15, 0.2) is 0 Å². The molecule has 0 spiro atoms. The lowest BCUT2D eigenvalue weighted by Crippen LogP contribution is -2.55. The zero-order chi connectivity index (χ0) is 12.5. The molecular formula is C14H22N4. The molecular weight excluding hydrogens is 224 g/mol. The number of nitrogens with zero attached hydrogens (tertiary/aromatic N) is 3. The van der Waals surface area contributed by atoms with Crippen LogP contribution in [0, 0.1) is 0 Å². The summed E-state index contributed by atoms with van der Waals surface area (Å²) in [5.41, 5.74) is 6.72. The molecule has 1 aromatic rings. The van der Waals surface area contributed by atoms with E-state index in [-0.39, 0.29) is 0 Å². The summed E-state index contributed by atoms with van der Waals surface area (Å²) in [5, 5.41) is 0. The topological polar surface area (TPSA) is 45.4 Å². The Balaban J connectivity index is 1.77. The van der Waals surface area contributed by atoms with Crippen LogP contribution in [0.1, 0.15) is 25.3 Å². The third-order valence-corrected chi connectivity index (χ3v) is 4.28. The van der Waals surface area contributed by atoms with Crippen molar-refractivity contribution in [3.63, 3.8) is 0 Å². The first-order chi connectivity index (χ1) is 8.78. The Kier molecular flexibility index (Phi) is 3.22. The first-order valence-electron chi connectivity index (χ1n) is 6.93. The smallest absolute Gasteiger partial charge is 0.128 e. The van der Waals surface area contributed by atoms with Gasteiger partial charge in [-0.15, -0.1) is 0 Å². The van der Waals surface area contributed by atoms with Crippen molar-refractivity contribution in [2.24, 2.45) is 5.73 Å². The second-order valence-corrected chi connectivity index (χ2v) is 5.52. The normalized spacial score (nSPS) is 28.4. The Morgan fingerprint density at radius 2 is 2.28 bits per heavy atom. The van der Waals surface area contributed by atoms with Crippen molar-refractivity contribution in [2.75, 3.05) is 24.5 Å². The van der Waals surface area contributed by atoms with Gasteiger partial charge in [0, 0.05) is 37.9 Å². The second-order valence-electron chi connectivity index (χ2n) is 5.52. The van der Waals surface area contributed by atoms with Crippen LogP contribution in [0.25, 0.3) is 0 Å². The van der Waals surface area contributed by atoms with E-state index in [1.807, 2.05) is 6.20 Å². The monoisotopic (exact) mass is 246 g/mol. The van der Waals surface area contributed by atoms with E-state index in [2.05, 4.69) is 33.8 Å². The maximum absolute atomic E-state index is 5.62. The average molecular weight is 246 g/mol. The van der Waals surface area contributed by atoms with Gasteiger partial charge in [0.2, 0.25) is 0 Å². The highest BCUT2D eigenvalue weighted by Gasteiger charge is 2.34. The van der Waals surface area contributed by atoms with E-state index < -0.39 is 0 Å². The van der Waals surface area contributed by atoms with E-state index in [1.165, 1.54) is 25.9 Å². The van der Waals surface area contributed by atoms with Crippen LogP contribution in [0.15, 0.2) is 18.3 Å². The summed E-state index contributed by atoms with van der Waals surface area (Å²) in [6.07, 6.45) is 4.60. The largest absolute Gasteiger partial charge is 0.351 e. The Bertz CT molecular complexity index is 403. The standard InChI is InChI=1S/C14H22N4/c1-11-9-17-6-2-3-13(17)10-18(11)14-5-4-12(7-15)8-16-14/h4-5,8,11,13H,2-3,6-7,9-10,15H2,1H3. The van der Waals surface area contributed by atoms with Crippen molar-refractivity contribution in [1.82, 2.24) is 9.88 Å². The molecule has 18 heavy (non-hydrogen) atoms. The van der Waals surface area contributed by atoms with Crippen LogP contribution >= 0.6 is 0 Å². The molecule has 4 nitrogen and oxygen atoms in total. The Hall–Kier alpha value is -1.13. The van der Waals surface area contributed by atoms with Gasteiger partial charge in [-0.25, -0.2) is 4.98 Å². The molecule has 2 fully saturated rings. The molecule has 3 heterocycles. The molecule has 0 aliphatic carbocycles. The zero-order valence-corrected chi connectivity index (χ0v) is 11.0. The van der Waals surface area contributed by atoms with Crippen LogP contribution in [0.3, 0.4) is 0 Å². The minimum Gasteiger partial charge on any atom is -0.351 e. The minimum absolute atomic E-state index is 0.551. The molecule has 4 heteroatoms. The molecule has 0 radical (unpaired) electrons. The predicted molar refractivity (Wildman–Crippen MR) is 73.5 cm³/mol. The Morgan fingerprint density at radius 3 is 3.00 bits per heavy atom. The quantitative estimate of drug-likeness (QED) is 0.852. The highest BCUT2D eigenvalue weighted by molar-refractivity contribution is 5.41. The number of fused-ring (bicyclic) bond motifs is 1. The fourth-order valence-corrected chi connectivity index (χ4v) is 3.21. The second kappa shape index (κ2) is 4.86. The van der Waals surface area contributed by atoms with E-state index in [9.17, 15) is 0 Å². The summed E-state index contributed by atoms with van der Waals surface area (Å²) in [6, 6.07) is 5.49. The molecule has 0 aromatic carbocycles. The summed E-state index contributed by atoms with van der Waals surface area (Å²) < 4.78 is 0. The lowest BCUT2D eigenvalue weighted by molar-refractivity contribution is 0.202. The maximum atomic E-state index is 5.62. The summed E-state index contributed by atoms with van der Waals surface area (Å²) in [5.74, 6) is 1.10. The molecule has 2 aliphatic heterocycles. The van der Waals surface area contributed by atoms with Crippen molar-refractivity contribution in [2.45, 2.75) is 38.4 Å². The van der Waals surface area contributed by atoms with Crippen LogP contribution in [0.5, 0.6) is 0 Å². The first kappa shape index (κ1) is 11.9. The van der Waals surface area contributed by atoms with Crippen molar-refractivity contribution in [1.29, 1.82) is 0 Å². The summed E-state index contributed by atoms with van der Waals surface area (Å²) >= 11 is 0. The van der Waals surface area contributed by atoms with Crippen molar-refractivity contribution in [3.05, 3.63) is 23.9 Å². The zero-order valence-electron chi connectivity index (χ0n) is 11.0. The molecule has 98 valence electrons. The van der Waals surface area contributed by atoms with Crippen LogP contribution in [-0.2, 0) is 6.54 Å². The molecule has 2 aliphatic rings. The van der Waals surface area contributed by atoms with Crippen molar-refractivity contribution in [3.8, 4) is 0 Å². The number of pyridine rings is 1. The Morgan fingerprint density at radius 1 is 1.39 bits per heavy atom. The van der Waals surface area contributed by atoms with Gasteiger partial charge in [-0.1, -0.05) is 6.07 Å². The first-order valence-corrected chi connectivity index (χ1v) is 6.93. The fourth-order valence-electron chi connectivity index (χ4n) is 3.21. The molecule has 1 aromatic heterocycles. The molecule has 3 rings (SSSR count). The van der Waals surface area contributed by atoms with Gasteiger partial charge in [0.1, 0.15) is 5.82 Å². The number of aromatic nitrogens is 1. The van der Waals surface area contributed by atoms with E-state index >= 15 is 0 Å². The molecule has 2 saturated heterocycles. The summed E-state index contributed by atoms with van der Waals surface area (Å²) in [7, 11) is 0. The number of piperazine rings is 1. The lowest BCUT2D eigenvalue weighted by Gasteiger charge is -2.43. The molecule has 2 unspecified atom stereocenters. The number of rotatable bonds is 2. The molecule has 0 amide bonds. The average Bonchev–Trinajstić information content (AvgIpc) is 2.85. The maximum Gasteiger partial charge on any atom is 0.128 e. The Labute approximate surface area is 109 Å². The van der Waals surface area contributed by atoms with Gasteiger partial charge in [-0.3, -0.25) is 4.90 Å². The molecule has 2 N–H and O–H groups in total. The molecule has 2 atom stereocenters. The number of hydrogen-bond donors (Lipinski definition) is 1. The number of anilines is 1. The highest BCUT2D eigenvalue weighted by Crippen LogP contribution is 2.27. The summed E-state index contributed by atoms with van der Waals surface area (Å²) in [4.78, 5) is 9.65. The van der Waals surface area contributed by atoms with Gasteiger partial charge in [0.05, 0.1) is 0 Å². The fraction of sp³-hybridized carbons (Fsp3) is 0.643. The van der Waals surface area contributed by atoms with E-state index in [0.717, 1.165) is 24.0 Å². The van der Waals surface area contributed by atoms with Crippen molar-refractivity contribution < 1.29 is 0 Å². The van der Waals surface area contributed by atoms with E-state index in [1.54, 1.807) is 0 Å². The van der Waals surface area contributed by atoms with E-state index in [4.69, 9.17) is 5.73 Å².